The lowest BCUT2D eigenvalue weighted by molar-refractivity contribution is -0.384. The van der Waals surface area contributed by atoms with E-state index in [0.29, 0.717) is 5.69 Å². The molecule has 0 radical (unpaired) electrons. The van der Waals surface area contributed by atoms with Gasteiger partial charge in [-0.25, -0.2) is 4.68 Å². The number of aromatic nitrogens is 2. The maximum atomic E-state index is 11.5. The summed E-state index contributed by atoms with van der Waals surface area (Å²) >= 11 is 0. The molecule has 0 unspecified atom stereocenters. The Morgan fingerprint density at radius 1 is 0.960 bits per heavy atom. The van der Waals surface area contributed by atoms with Crippen LogP contribution in [0, 0.1) is 27.2 Å². The van der Waals surface area contributed by atoms with E-state index < -0.39 is 9.85 Å². The molecule has 0 aliphatic heterocycles. The molecular weight excluding hydrogens is 326 g/mol. The van der Waals surface area contributed by atoms with E-state index in [2.05, 4.69) is 10.4 Å². The molecule has 0 spiro atoms. The summed E-state index contributed by atoms with van der Waals surface area (Å²) < 4.78 is 1.37. The summed E-state index contributed by atoms with van der Waals surface area (Å²) in [6.45, 7) is 1.52. The largest absolute Gasteiger partial charge is 0.334 e. The molecule has 1 heterocycles. The van der Waals surface area contributed by atoms with Crippen LogP contribution >= 0.6 is 0 Å². The predicted molar refractivity (Wildman–Crippen MR) is 91.3 cm³/mol. The topological polar surface area (TPSA) is 116 Å². The normalized spacial score (nSPS) is 10.4. The molecule has 0 amide bonds. The summed E-state index contributed by atoms with van der Waals surface area (Å²) in [7, 11) is 0. The average Bonchev–Trinajstić information content (AvgIpc) is 2.92. The zero-order valence-electron chi connectivity index (χ0n) is 13.1. The fraction of sp³-hybridized carbons (Fsp3) is 0.0625. The van der Waals surface area contributed by atoms with Crippen molar-refractivity contribution >= 4 is 22.9 Å². The van der Waals surface area contributed by atoms with Gasteiger partial charge in [0.15, 0.2) is 0 Å². The van der Waals surface area contributed by atoms with Crippen molar-refractivity contribution in [2.45, 2.75) is 6.92 Å². The summed E-state index contributed by atoms with van der Waals surface area (Å²) in [5.74, 6) is 0.0583. The van der Waals surface area contributed by atoms with E-state index in [-0.39, 0.29) is 28.6 Å². The van der Waals surface area contributed by atoms with E-state index in [4.69, 9.17) is 0 Å². The number of benzene rings is 2. The van der Waals surface area contributed by atoms with Gasteiger partial charge in [0.1, 0.15) is 11.4 Å². The molecule has 126 valence electrons. The van der Waals surface area contributed by atoms with Gasteiger partial charge in [0.2, 0.25) is 5.82 Å². The quantitative estimate of drug-likeness (QED) is 0.559. The minimum Gasteiger partial charge on any atom is -0.329 e. The standard InChI is InChI=1S/C16H13N5O4/c1-11-15(21(24)25)16(19(18-11)12-7-3-2-4-8-12)17-13-9-5-6-10-14(13)20(22)23/h2-10,17H,1H3. The van der Waals surface area contributed by atoms with Gasteiger partial charge in [-0.2, -0.15) is 5.10 Å². The Morgan fingerprint density at radius 2 is 1.60 bits per heavy atom. The number of anilines is 2. The Hall–Kier alpha value is -3.75. The van der Waals surface area contributed by atoms with Gasteiger partial charge in [-0.1, -0.05) is 30.3 Å². The third kappa shape index (κ3) is 3.02. The SMILES string of the molecule is Cc1nn(-c2ccccc2)c(Nc2ccccc2[N+](=O)[O-])c1[N+](=O)[O-]. The van der Waals surface area contributed by atoms with Crippen LogP contribution in [0.25, 0.3) is 5.69 Å². The van der Waals surface area contributed by atoms with Crippen molar-refractivity contribution in [1.29, 1.82) is 0 Å². The number of nitro groups is 2. The second-order valence-electron chi connectivity index (χ2n) is 5.19. The maximum Gasteiger partial charge on any atom is 0.334 e. The van der Waals surface area contributed by atoms with Gasteiger partial charge in [0, 0.05) is 6.07 Å². The van der Waals surface area contributed by atoms with Crippen LogP contribution in [0.3, 0.4) is 0 Å². The Balaban J connectivity index is 2.18. The highest BCUT2D eigenvalue weighted by Gasteiger charge is 2.28. The average molecular weight is 339 g/mol. The number of para-hydroxylation sites is 3. The first-order valence-corrected chi connectivity index (χ1v) is 7.29. The summed E-state index contributed by atoms with van der Waals surface area (Å²) in [5, 5.41) is 29.7. The van der Waals surface area contributed by atoms with E-state index in [1.54, 1.807) is 30.3 Å². The van der Waals surface area contributed by atoms with Gasteiger partial charge in [-0.05, 0) is 25.1 Å². The molecule has 0 saturated carbocycles. The minimum atomic E-state index is -0.557. The van der Waals surface area contributed by atoms with Crippen molar-refractivity contribution in [3.8, 4) is 5.69 Å². The van der Waals surface area contributed by atoms with Gasteiger partial charge in [0.05, 0.1) is 15.5 Å². The van der Waals surface area contributed by atoms with E-state index >= 15 is 0 Å². The predicted octanol–water partition coefficient (Wildman–Crippen LogP) is 3.74. The molecule has 0 saturated heterocycles. The number of nitro benzene ring substituents is 1. The van der Waals surface area contributed by atoms with Gasteiger partial charge >= 0.3 is 5.69 Å². The fourth-order valence-electron chi connectivity index (χ4n) is 2.47. The Morgan fingerprint density at radius 3 is 2.24 bits per heavy atom. The van der Waals surface area contributed by atoms with Crippen LogP contribution in [0.5, 0.6) is 0 Å². The molecule has 9 heteroatoms. The van der Waals surface area contributed by atoms with Crippen LogP contribution < -0.4 is 5.32 Å². The van der Waals surface area contributed by atoms with Crippen LogP contribution in [0.15, 0.2) is 54.6 Å². The second-order valence-corrected chi connectivity index (χ2v) is 5.19. The monoisotopic (exact) mass is 339 g/mol. The number of hydrogen-bond donors (Lipinski definition) is 1. The van der Waals surface area contributed by atoms with E-state index in [0.717, 1.165) is 0 Å². The van der Waals surface area contributed by atoms with Crippen LogP contribution in [-0.2, 0) is 0 Å². The highest BCUT2D eigenvalue weighted by atomic mass is 16.6. The van der Waals surface area contributed by atoms with Gasteiger partial charge in [0.25, 0.3) is 5.69 Å². The van der Waals surface area contributed by atoms with Crippen molar-refractivity contribution in [2.75, 3.05) is 5.32 Å². The Kier molecular flexibility index (Phi) is 4.12. The highest BCUT2D eigenvalue weighted by molar-refractivity contribution is 5.74. The molecule has 0 aliphatic rings. The summed E-state index contributed by atoms with van der Waals surface area (Å²) in [6, 6.07) is 14.8. The first kappa shape index (κ1) is 16.1. The zero-order valence-corrected chi connectivity index (χ0v) is 13.1. The van der Waals surface area contributed by atoms with Gasteiger partial charge in [-0.15, -0.1) is 0 Å². The summed E-state index contributed by atoms with van der Waals surface area (Å²) in [6.07, 6.45) is 0. The summed E-state index contributed by atoms with van der Waals surface area (Å²) in [4.78, 5) is 21.6. The van der Waals surface area contributed by atoms with Crippen LogP contribution in [0.2, 0.25) is 0 Å². The number of hydrogen-bond acceptors (Lipinski definition) is 6. The van der Waals surface area contributed by atoms with Crippen LogP contribution in [0.1, 0.15) is 5.69 Å². The fourth-order valence-corrected chi connectivity index (χ4v) is 2.47. The number of aryl methyl sites for hydroxylation is 1. The molecule has 1 aromatic heterocycles. The first-order valence-electron chi connectivity index (χ1n) is 7.29. The van der Waals surface area contributed by atoms with E-state index in [9.17, 15) is 20.2 Å². The van der Waals surface area contributed by atoms with Gasteiger partial charge in [-0.3, -0.25) is 20.2 Å². The van der Waals surface area contributed by atoms with E-state index in [1.165, 1.54) is 29.8 Å². The van der Waals surface area contributed by atoms with E-state index in [1.807, 2.05) is 6.07 Å². The Bertz CT molecular complexity index is 952. The molecule has 0 aliphatic carbocycles. The van der Waals surface area contributed by atoms with Crippen LogP contribution in [0.4, 0.5) is 22.9 Å². The smallest absolute Gasteiger partial charge is 0.329 e. The zero-order chi connectivity index (χ0) is 18.0. The molecule has 3 rings (SSSR count). The van der Waals surface area contributed by atoms with Gasteiger partial charge < -0.3 is 5.32 Å². The minimum absolute atomic E-state index is 0.0583. The molecule has 9 nitrogen and oxygen atoms in total. The third-order valence-corrected chi connectivity index (χ3v) is 3.57. The van der Waals surface area contributed by atoms with Crippen molar-refractivity contribution in [2.24, 2.45) is 0 Å². The molecular formula is C16H13N5O4. The van der Waals surface area contributed by atoms with Crippen molar-refractivity contribution < 1.29 is 9.85 Å². The molecule has 2 aromatic carbocycles. The number of rotatable bonds is 5. The maximum absolute atomic E-state index is 11.5. The van der Waals surface area contributed by atoms with Crippen LogP contribution in [-0.4, -0.2) is 19.6 Å². The Labute approximate surface area is 141 Å². The lowest BCUT2D eigenvalue weighted by atomic mass is 10.2. The molecule has 1 N–H and O–H groups in total. The first-order chi connectivity index (χ1) is 12.0. The lowest BCUT2D eigenvalue weighted by Gasteiger charge is -2.09. The highest BCUT2D eigenvalue weighted by Crippen LogP contribution is 2.35. The molecule has 0 atom stereocenters. The summed E-state index contributed by atoms with van der Waals surface area (Å²) in [5.41, 5.74) is 0.527. The molecule has 25 heavy (non-hydrogen) atoms. The van der Waals surface area contributed by atoms with Crippen molar-refractivity contribution in [3.63, 3.8) is 0 Å². The second kappa shape index (κ2) is 6.40. The van der Waals surface area contributed by atoms with Crippen molar-refractivity contribution in [1.82, 2.24) is 9.78 Å². The molecule has 0 bridgehead atoms. The third-order valence-electron chi connectivity index (χ3n) is 3.57. The lowest BCUT2D eigenvalue weighted by Crippen LogP contribution is -2.05. The molecule has 0 fully saturated rings. The number of nitrogens with one attached hydrogen (secondary N) is 1. The molecule has 3 aromatic rings. The number of nitrogens with zero attached hydrogens (tertiary/aromatic N) is 4. The van der Waals surface area contributed by atoms with Crippen molar-refractivity contribution in [3.05, 3.63) is 80.5 Å².